The first-order valence-electron chi connectivity index (χ1n) is 23.3. The van der Waals surface area contributed by atoms with E-state index in [2.05, 4.69) is 203 Å². The van der Waals surface area contributed by atoms with Crippen LogP contribution in [0.3, 0.4) is 0 Å². The molecule has 69 heavy (non-hydrogen) atoms. The van der Waals surface area contributed by atoms with Crippen LogP contribution in [0.4, 0.5) is 0 Å². The van der Waals surface area contributed by atoms with Crippen molar-refractivity contribution in [2.24, 2.45) is 0 Å². The summed E-state index contributed by atoms with van der Waals surface area (Å²) in [5.41, 5.74) is 15.3. The van der Waals surface area contributed by atoms with E-state index in [1.54, 1.807) is 0 Å². The zero-order valence-corrected chi connectivity index (χ0v) is 37.2. The average molecular weight is 882 g/mol. The molecule has 0 aliphatic carbocycles. The van der Waals surface area contributed by atoms with Gasteiger partial charge < -0.3 is 13.6 Å². The molecule has 0 aliphatic heterocycles. The third-order valence-corrected chi connectivity index (χ3v) is 13.6. The monoisotopic (exact) mass is 881 g/mol. The van der Waals surface area contributed by atoms with E-state index in [-0.39, 0.29) is 0 Å². The lowest BCUT2D eigenvalue weighted by atomic mass is 9.98. The predicted molar refractivity (Wildman–Crippen MR) is 283 cm³/mol. The molecule has 6 nitrogen and oxygen atoms in total. The van der Waals surface area contributed by atoms with Crippen LogP contribution in [0.1, 0.15) is 0 Å². The maximum atomic E-state index is 7.04. The summed E-state index contributed by atoms with van der Waals surface area (Å²) >= 11 is 0. The van der Waals surface area contributed by atoms with E-state index in [4.69, 9.17) is 19.4 Å². The summed E-state index contributed by atoms with van der Waals surface area (Å²) in [6.45, 7) is 0. The van der Waals surface area contributed by atoms with E-state index in [0.717, 1.165) is 83.2 Å². The number of hydrogen-bond donors (Lipinski definition) is 0. The lowest BCUT2D eigenvalue weighted by Gasteiger charge is -2.15. The Morgan fingerprint density at radius 1 is 0.319 bits per heavy atom. The number of rotatable bonds is 7. The van der Waals surface area contributed by atoms with Crippen molar-refractivity contribution in [2.75, 3.05) is 0 Å². The van der Waals surface area contributed by atoms with Gasteiger partial charge in [0.05, 0.1) is 38.7 Å². The van der Waals surface area contributed by atoms with Gasteiger partial charge in [-0.05, 0) is 65.2 Å². The molecular formula is C63H39N5O. The van der Waals surface area contributed by atoms with E-state index in [1.165, 1.54) is 27.1 Å². The smallest absolute Gasteiger partial charge is 0.167 e. The second kappa shape index (κ2) is 15.6. The molecule has 0 amide bonds. The van der Waals surface area contributed by atoms with Gasteiger partial charge in [0.2, 0.25) is 0 Å². The Kier molecular flexibility index (Phi) is 8.79. The minimum absolute atomic E-state index is 0.532. The van der Waals surface area contributed by atoms with E-state index in [9.17, 15) is 0 Å². The second-order valence-electron chi connectivity index (χ2n) is 17.5. The van der Waals surface area contributed by atoms with Gasteiger partial charge >= 0.3 is 0 Å². The largest absolute Gasteiger partial charge is 0.455 e. The summed E-state index contributed by atoms with van der Waals surface area (Å²) in [7, 11) is 0. The van der Waals surface area contributed by atoms with Crippen LogP contribution in [0, 0.1) is 0 Å². The van der Waals surface area contributed by atoms with Crippen molar-refractivity contribution in [3.05, 3.63) is 237 Å². The Balaban J connectivity index is 1.07. The fourth-order valence-corrected chi connectivity index (χ4v) is 10.5. The highest BCUT2D eigenvalue weighted by Gasteiger charge is 2.27. The van der Waals surface area contributed by atoms with Crippen molar-refractivity contribution in [1.29, 1.82) is 0 Å². The van der Waals surface area contributed by atoms with Crippen molar-refractivity contribution in [1.82, 2.24) is 24.1 Å². The average Bonchev–Trinajstić information content (AvgIpc) is 4.10. The number of nitrogens with zero attached hydrogens (tertiary/aromatic N) is 5. The molecule has 0 aliphatic rings. The molecule has 4 heterocycles. The van der Waals surface area contributed by atoms with Crippen LogP contribution in [-0.4, -0.2) is 24.1 Å². The highest BCUT2D eigenvalue weighted by molar-refractivity contribution is 6.30. The third kappa shape index (κ3) is 6.16. The Bertz CT molecular complexity index is 4270. The maximum Gasteiger partial charge on any atom is 0.167 e. The van der Waals surface area contributed by atoms with Crippen molar-refractivity contribution in [3.8, 4) is 67.8 Å². The molecule has 322 valence electrons. The normalized spacial score (nSPS) is 11.8. The summed E-state index contributed by atoms with van der Waals surface area (Å²) < 4.78 is 12.0. The number of aromatic nitrogens is 5. The summed E-state index contributed by atoms with van der Waals surface area (Å²) in [5, 5.41) is 6.68. The van der Waals surface area contributed by atoms with E-state index >= 15 is 0 Å². The van der Waals surface area contributed by atoms with E-state index < -0.39 is 0 Å². The Labute approximate surface area is 396 Å². The first-order chi connectivity index (χ1) is 34.2. The number of furan rings is 1. The van der Waals surface area contributed by atoms with Crippen LogP contribution in [0.25, 0.3) is 133 Å². The molecule has 10 aromatic carbocycles. The molecule has 14 aromatic rings. The molecule has 4 aromatic heterocycles. The molecule has 0 bridgehead atoms. The Hall–Kier alpha value is -9.39. The molecule has 0 atom stereocenters. The van der Waals surface area contributed by atoms with Crippen LogP contribution in [0.2, 0.25) is 0 Å². The zero-order valence-electron chi connectivity index (χ0n) is 37.2. The number of para-hydroxylation sites is 4. The van der Waals surface area contributed by atoms with Crippen LogP contribution < -0.4 is 0 Å². The summed E-state index contributed by atoms with van der Waals surface area (Å²) in [6.07, 6.45) is 0. The zero-order chi connectivity index (χ0) is 45.4. The topological polar surface area (TPSA) is 61.7 Å². The second-order valence-corrected chi connectivity index (χ2v) is 17.5. The van der Waals surface area contributed by atoms with Crippen LogP contribution in [-0.2, 0) is 0 Å². The van der Waals surface area contributed by atoms with Gasteiger partial charge in [-0.3, -0.25) is 0 Å². The molecule has 0 radical (unpaired) electrons. The predicted octanol–water partition coefficient (Wildman–Crippen LogP) is 16.3. The van der Waals surface area contributed by atoms with Crippen molar-refractivity contribution in [2.45, 2.75) is 0 Å². The fourth-order valence-electron chi connectivity index (χ4n) is 10.5. The highest BCUT2D eigenvalue weighted by Crippen LogP contribution is 2.48. The van der Waals surface area contributed by atoms with Crippen LogP contribution >= 0.6 is 0 Å². The molecular weight excluding hydrogens is 843 g/mol. The molecule has 0 fully saturated rings. The molecule has 0 spiro atoms. The summed E-state index contributed by atoms with van der Waals surface area (Å²) in [5.74, 6) is 1.70. The number of benzene rings is 10. The van der Waals surface area contributed by atoms with Gasteiger partial charge in [0.1, 0.15) is 11.2 Å². The molecule has 0 saturated heterocycles. The van der Waals surface area contributed by atoms with Gasteiger partial charge in [0, 0.05) is 49.3 Å². The van der Waals surface area contributed by atoms with Gasteiger partial charge in [-0.15, -0.1) is 0 Å². The first-order valence-corrected chi connectivity index (χ1v) is 23.3. The standard InChI is InChI=1S/C63H39N5O/c1-5-19-40(20-6-1)41-33-35-44(36-34-41)62-64-61(43-23-9-3-10-24-43)65-63(66-62)49-37-38-54(56-48-29-15-18-32-55(48)69-60(49)56)68-52-30-16-13-27-46(52)51-39-50(42-21-7-2-8-22-42)58-57(59(51)68)47-28-14-17-31-53(47)67(58)45-25-11-4-12-26-45/h1-39H. The highest BCUT2D eigenvalue weighted by atomic mass is 16.3. The van der Waals surface area contributed by atoms with Gasteiger partial charge in [-0.2, -0.15) is 0 Å². The first kappa shape index (κ1) is 38.8. The molecule has 6 heteroatoms. The summed E-state index contributed by atoms with van der Waals surface area (Å²) in [4.78, 5) is 15.6. The minimum atomic E-state index is 0.532. The fraction of sp³-hybridized carbons (Fsp3) is 0. The molecule has 0 N–H and O–H groups in total. The summed E-state index contributed by atoms with van der Waals surface area (Å²) in [6, 6.07) is 83.3. The lowest BCUT2D eigenvalue weighted by Crippen LogP contribution is -2.01. The van der Waals surface area contributed by atoms with Crippen molar-refractivity contribution in [3.63, 3.8) is 0 Å². The lowest BCUT2D eigenvalue weighted by molar-refractivity contribution is 0.669. The van der Waals surface area contributed by atoms with Crippen LogP contribution in [0.15, 0.2) is 241 Å². The van der Waals surface area contributed by atoms with Gasteiger partial charge in [-0.1, -0.05) is 188 Å². The van der Waals surface area contributed by atoms with Gasteiger partial charge in [-0.25, -0.2) is 15.0 Å². The SMILES string of the molecule is c1ccc(-c2ccc(-c3nc(-c4ccccc4)nc(-c4ccc(-n5c6ccccc6c6cc(-c7ccccc7)c7c(c8ccccc8n7-c7ccccc7)c65)c5c4oc4ccccc45)n3)cc2)cc1. The number of fused-ring (bicyclic) bond motifs is 10. The van der Waals surface area contributed by atoms with Gasteiger partial charge in [0.25, 0.3) is 0 Å². The van der Waals surface area contributed by atoms with Crippen molar-refractivity contribution < 1.29 is 4.42 Å². The third-order valence-electron chi connectivity index (χ3n) is 13.6. The van der Waals surface area contributed by atoms with E-state index in [0.29, 0.717) is 23.1 Å². The molecule has 14 rings (SSSR count). The number of hydrogen-bond acceptors (Lipinski definition) is 4. The molecule has 0 unspecified atom stereocenters. The Morgan fingerprint density at radius 2 is 0.826 bits per heavy atom. The molecule has 0 saturated carbocycles. The van der Waals surface area contributed by atoms with Gasteiger partial charge in [0.15, 0.2) is 17.5 Å². The van der Waals surface area contributed by atoms with E-state index in [1.807, 2.05) is 42.5 Å². The maximum absolute atomic E-state index is 7.04. The van der Waals surface area contributed by atoms with Crippen molar-refractivity contribution >= 4 is 65.6 Å². The quantitative estimate of drug-likeness (QED) is 0.160. The minimum Gasteiger partial charge on any atom is -0.455 e. The Morgan fingerprint density at radius 3 is 1.52 bits per heavy atom. The van der Waals surface area contributed by atoms with Crippen LogP contribution in [0.5, 0.6) is 0 Å².